The fourth-order valence-electron chi connectivity index (χ4n) is 0.996. The highest BCUT2D eigenvalue weighted by atomic mass is 16.3. The number of hydrogen-bond donors (Lipinski definition) is 1. The molecule has 2 heteroatoms. The van der Waals surface area contributed by atoms with Crippen LogP contribution in [0.5, 0.6) is 0 Å². The van der Waals surface area contributed by atoms with Gasteiger partial charge in [-0.15, -0.1) is 0 Å². The predicted octanol–water partition coefficient (Wildman–Crippen LogP) is 1.64. The zero-order valence-corrected chi connectivity index (χ0v) is 7.57. The van der Waals surface area contributed by atoms with Gasteiger partial charge >= 0.3 is 0 Å². The van der Waals surface area contributed by atoms with Gasteiger partial charge in [-0.2, -0.15) is 0 Å². The maximum absolute atomic E-state index is 9.55. The first-order valence-corrected chi connectivity index (χ1v) is 4.27. The normalized spacial score (nSPS) is 13.3. The minimum Gasteiger partial charge on any atom is -0.393 e. The van der Waals surface area contributed by atoms with E-state index in [1.54, 1.807) is 12.4 Å². The van der Waals surface area contributed by atoms with E-state index in [9.17, 15) is 5.11 Å². The molecular weight excluding hydrogens is 150 g/mol. The molecule has 1 atom stereocenters. The lowest BCUT2D eigenvalue weighted by atomic mass is 10.0. The number of aliphatic hydroxyl groups is 1. The first kappa shape index (κ1) is 9.20. The standard InChI is InChI=1S/C10H15NO/c1-8(2)10(12)6-9-4-3-5-11-7-9/h3-5,7-8,10,12H,6H2,1-2H3. The number of pyridine rings is 1. The zero-order valence-electron chi connectivity index (χ0n) is 7.57. The molecule has 1 aromatic heterocycles. The summed E-state index contributed by atoms with van der Waals surface area (Å²) in [5.41, 5.74) is 1.10. The van der Waals surface area contributed by atoms with Gasteiger partial charge in [-0.3, -0.25) is 4.98 Å². The summed E-state index contributed by atoms with van der Waals surface area (Å²) >= 11 is 0. The van der Waals surface area contributed by atoms with E-state index in [1.165, 1.54) is 0 Å². The van der Waals surface area contributed by atoms with E-state index in [0.717, 1.165) is 5.56 Å². The van der Waals surface area contributed by atoms with Crippen molar-refractivity contribution in [1.82, 2.24) is 4.98 Å². The Labute approximate surface area is 73.3 Å². The van der Waals surface area contributed by atoms with Crippen LogP contribution in [0.2, 0.25) is 0 Å². The molecule has 66 valence electrons. The van der Waals surface area contributed by atoms with Crippen LogP contribution in [-0.2, 0) is 6.42 Å². The second kappa shape index (κ2) is 4.21. The smallest absolute Gasteiger partial charge is 0.0604 e. The van der Waals surface area contributed by atoms with Crippen LogP contribution in [0.3, 0.4) is 0 Å². The number of hydrogen-bond acceptors (Lipinski definition) is 2. The molecule has 1 aromatic rings. The molecule has 1 rings (SSSR count). The molecule has 0 spiro atoms. The molecular formula is C10H15NO. The summed E-state index contributed by atoms with van der Waals surface area (Å²) in [5.74, 6) is 0.310. The Kier molecular flexibility index (Phi) is 3.23. The highest BCUT2D eigenvalue weighted by Crippen LogP contribution is 2.08. The molecule has 0 amide bonds. The van der Waals surface area contributed by atoms with Crippen LogP contribution in [0.25, 0.3) is 0 Å². The molecule has 12 heavy (non-hydrogen) atoms. The molecule has 0 aliphatic heterocycles. The van der Waals surface area contributed by atoms with Gasteiger partial charge < -0.3 is 5.11 Å². The maximum atomic E-state index is 9.55. The van der Waals surface area contributed by atoms with Gasteiger partial charge in [-0.05, 0) is 17.5 Å². The van der Waals surface area contributed by atoms with Crippen molar-refractivity contribution in [2.24, 2.45) is 5.92 Å². The number of rotatable bonds is 3. The topological polar surface area (TPSA) is 33.1 Å². The van der Waals surface area contributed by atoms with E-state index in [0.29, 0.717) is 12.3 Å². The van der Waals surface area contributed by atoms with Crippen molar-refractivity contribution >= 4 is 0 Å². The Balaban J connectivity index is 2.53. The largest absolute Gasteiger partial charge is 0.393 e. The summed E-state index contributed by atoms with van der Waals surface area (Å²) in [6.07, 6.45) is 3.98. The first-order valence-electron chi connectivity index (χ1n) is 4.27. The van der Waals surface area contributed by atoms with Crippen LogP contribution in [0, 0.1) is 5.92 Å². The summed E-state index contributed by atoms with van der Waals surface area (Å²) in [4.78, 5) is 3.99. The van der Waals surface area contributed by atoms with Gasteiger partial charge in [0.2, 0.25) is 0 Å². The van der Waals surface area contributed by atoms with Crippen molar-refractivity contribution in [3.63, 3.8) is 0 Å². The maximum Gasteiger partial charge on any atom is 0.0604 e. The van der Waals surface area contributed by atoms with E-state index in [4.69, 9.17) is 0 Å². The Morgan fingerprint density at radius 3 is 2.75 bits per heavy atom. The van der Waals surface area contributed by atoms with Crippen molar-refractivity contribution in [3.05, 3.63) is 30.1 Å². The lowest BCUT2D eigenvalue weighted by Gasteiger charge is -2.13. The molecule has 1 unspecified atom stereocenters. The molecule has 0 radical (unpaired) electrons. The van der Waals surface area contributed by atoms with Crippen molar-refractivity contribution in [3.8, 4) is 0 Å². The van der Waals surface area contributed by atoms with Gasteiger partial charge in [-0.1, -0.05) is 19.9 Å². The molecule has 0 saturated carbocycles. The number of aliphatic hydroxyl groups excluding tert-OH is 1. The summed E-state index contributed by atoms with van der Waals surface area (Å²) in [6, 6.07) is 3.88. The third-order valence-corrected chi connectivity index (χ3v) is 1.94. The van der Waals surface area contributed by atoms with Crippen LogP contribution in [-0.4, -0.2) is 16.2 Å². The second-order valence-corrected chi connectivity index (χ2v) is 3.38. The molecule has 0 bridgehead atoms. The van der Waals surface area contributed by atoms with Crippen LogP contribution in [0.4, 0.5) is 0 Å². The highest BCUT2D eigenvalue weighted by Gasteiger charge is 2.09. The van der Waals surface area contributed by atoms with Crippen molar-refractivity contribution < 1.29 is 5.11 Å². The van der Waals surface area contributed by atoms with Crippen LogP contribution in [0.1, 0.15) is 19.4 Å². The second-order valence-electron chi connectivity index (χ2n) is 3.38. The van der Waals surface area contributed by atoms with Crippen LogP contribution < -0.4 is 0 Å². The van der Waals surface area contributed by atoms with E-state index < -0.39 is 0 Å². The summed E-state index contributed by atoms with van der Waals surface area (Å²) in [7, 11) is 0. The van der Waals surface area contributed by atoms with E-state index >= 15 is 0 Å². The Hall–Kier alpha value is -0.890. The quantitative estimate of drug-likeness (QED) is 0.738. The van der Waals surface area contributed by atoms with Gasteiger partial charge in [0.25, 0.3) is 0 Å². The first-order chi connectivity index (χ1) is 5.70. The predicted molar refractivity (Wildman–Crippen MR) is 48.8 cm³/mol. The minimum atomic E-state index is -0.255. The zero-order chi connectivity index (χ0) is 8.97. The highest BCUT2D eigenvalue weighted by molar-refractivity contribution is 5.09. The van der Waals surface area contributed by atoms with Gasteiger partial charge in [0.15, 0.2) is 0 Å². The molecule has 0 aliphatic rings. The average molecular weight is 165 g/mol. The molecule has 1 N–H and O–H groups in total. The fraction of sp³-hybridized carbons (Fsp3) is 0.500. The summed E-state index contributed by atoms with van der Waals surface area (Å²) < 4.78 is 0. The van der Waals surface area contributed by atoms with Crippen molar-refractivity contribution in [2.75, 3.05) is 0 Å². The Morgan fingerprint density at radius 2 is 2.25 bits per heavy atom. The van der Waals surface area contributed by atoms with Gasteiger partial charge in [0.1, 0.15) is 0 Å². The third kappa shape index (κ3) is 2.62. The lowest BCUT2D eigenvalue weighted by Crippen LogP contribution is -2.17. The molecule has 1 heterocycles. The van der Waals surface area contributed by atoms with Gasteiger partial charge in [0, 0.05) is 18.8 Å². The van der Waals surface area contributed by atoms with Crippen molar-refractivity contribution in [1.29, 1.82) is 0 Å². The summed E-state index contributed by atoms with van der Waals surface area (Å²) in [5, 5.41) is 9.55. The van der Waals surface area contributed by atoms with E-state index in [1.807, 2.05) is 26.0 Å². The minimum absolute atomic E-state index is 0.255. The third-order valence-electron chi connectivity index (χ3n) is 1.94. The Bertz CT molecular complexity index is 221. The molecule has 0 aliphatic carbocycles. The van der Waals surface area contributed by atoms with Gasteiger partial charge in [-0.25, -0.2) is 0 Å². The van der Waals surface area contributed by atoms with Crippen LogP contribution >= 0.6 is 0 Å². The lowest BCUT2D eigenvalue weighted by molar-refractivity contribution is 0.125. The molecule has 0 fully saturated rings. The number of nitrogens with zero attached hydrogens (tertiary/aromatic N) is 1. The molecule has 0 saturated heterocycles. The number of aromatic nitrogens is 1. The SMILES string of the molecule is CC(C)C(O)Cc1cccnc1. The molecule has 0 aromatic carbocycles. The van der Waals surface area contributed by atoms with E-state index in [-0.39, 0.29) is 6.10 Å². The van der Waals surface area contributed by atoms with Crippen molar-refractivity contribution in [2.45, 2.75) is 26.4 Å². The Morgan fingerprint density at radius 1 is 1.50 bits per heavy atom. The van der Waals surface area contributed by atoms with Gasteiger partial charge in [0.05, 0.1) is 6.10 Å². The molecule has 2 nitrogen and oxygen atoms in total. The fourth-order valence-corrected chi connectivity index (χ4v) is 0.996. The van der Waals surface area contributed by atoms with Crippen LogP contribution in [0.15, 0.2) is 24.5 Å². The van der Waals surface area contributed by atoms with E-state index in [2.05, 4.69) is 4.98 Å². The summed E-state index contributed by atoms with van der Waals surface area (Å²) in [6.45, 7) is 4.03. The average Bonchev–Trinajstić information content (AvgIpc) is 2.06. The monoisotopic (exact) mass is 165 g/mol.